The van der Waals surface area contributed by atoms with E-state index in [9.17, 15) is 20.1 Å². The van der Waals surface area contributed by atoms with Crippen molar-refractivity contribution in [1.29, 1.82) is 0 Å². The standard InChI is InChI=1S/C26H38N2O8/c1-15(16(2)29)10-11-19(30)24-20(35-26(3,4)36-24)9-7-8-17-22(25(31)32)21(34-14-33-6)12-18-23(17)27-13-28(18)5/h10-13,15-16,19-20,24,29-30H,7-9,14H2,1-6H3,(H,31,32)/b11-10-/t15-,16?,19?,20+,24-/m1/s1. The van der Waals surface area contributed by atoms with Crippen molar-refractivity contribution >= 4 is 17.0 Å². The second-order valence-electron chi connectivity index (χ2n) is 9.81. The maximum Gasteiger partial charge on any atom is 0.339 e. The topological polar surface area (TPSA) is 132 Å². The number of carboxylic acid groups (broad SMARTS) is 1. The first kappa shape index (κ1) is 28.1. The first-order valence-corrected chi connectivity index (χ1v) is 12.2. The number of aliphatic hydroxyl groups excluding tert-OH is 2. The molecule has 10 heteroatoms. The van der Waals surface area contributed by atoms with Gasteiger partial charge in [-0.1, -0.05) is 19.1 Å². The van der Waals surface area contributed by atoms with Gasteiger partial charge in [0.25, 0.3) is 0 Å². The molecule has 1 saturated heterocycles. The van der Waals surface area contributed by atoms with E-state index in [1.165, 1.54) is 7.11 Å². The molecule has 1 aromatic carbocycles. The molecule has 10 nitrogen and oxygen atoms in total. The fraction of sp³-hybridized carbons (Fsp3) is 0.615. The third-order valence-electron chi connectivity index (χ3n) is 6.48. The molecule has 0 amide bonds. The molecule has 0 spiro atoms. The summed E-state index contributed by atoms with van der Waals surface area (Å²) in [6.07, 6.45) is 4.12. The third kappa shape index (κ3) is 6.43. The molecular weight excluding hydrogens is 468 g/mol. The van der Waals surface area contributed by atoms with Gasteiger partial charge >= 0.3 is 5.97 Å². The summed E-state index contributed by atoms with van der Waals surface area (Å²) in [6, 6.07) is 1.66. The van der Waals surface area contributed by atoms with Gasteiger partial charge in [0, 0.05) is 20.2 Å². The van der Waals surface area contributed by atoms with Crippen molar-refractivity contribution in [1.82, 2.24) is 9.55 Å². The van der Waals surface area contributed by atoms with E-state index in [-0.39, 0.29) is 24.0 Å². The van der Waals surface area contributed by atoms with E-state index >= 15 is 0 Å². The van der Waals surface area contributed by atoms with Crippen LogP contribution in [-0.4, -0.2) is 74.9 Å². The Morgan fingerprint density at radius 1 is 1.28 bits per heavy atom. The number of aromatic carboxylic acids is 1. The number of carboxylic acids is 1. The van der Waals surface area contributed by atoms with Gasteiger partial charge in [0.1, 0.15) is 23.5 Å². The molecule has 5 atom stereocenters. The molecule has 1 aliphatic heterocycles. The number of benzene rings is 1. The molecular formula is C26H38N2O8. The van der Waals surface area contributed by atoms with Crippen molar-refractivity contribution in [2.45, 2.75) is 77.2 Å². The fourth-order valence-electron chi connectivity index (χ4n) is 4.44. The highest BCUT2D eigenvalue weighted by atomic mass is 16.8. The minimum atomic E-state index is -1.10. The number of carbonyl (C=O) groups is 1. The molecule has 0 saturated carbocycles. The normalized spacial score (nSPS) is 22.2. The van der Waals surface area contributed by atoms with E-state index in [0.717, 1.165) is 5.52 Å². The Morgan fingerprint density at radius 3 is 2.64 bits per heavy atom. The SMILES string of the molecule is COCOc1cc2c(ncn2C)c(CCC[C@@H]2OC(C)(C)O[C@@H]2C(O)/C=C\[C@@H](C)C(C)O)c1C(=O)O. The monoisotopic (exact) mass is 506 g/mol. The first-order chi connectivity index (χ1) is 16.9. The van der Waals surface area contributed by atoms with E-state index in [2.05, 4.69) is 4.98 Å². The average Bonchev–Trinajstić information content (AvgIpc) is 3.33. The van der Waals surface area contributed by atoms with Gasteiger partial charge in [0.2, 0.25) is 0 Å². The number of rotatable bonds is 12. The molecule has 200 valence electrons. The molecule has 36 heavy (non-hydrogen) atoms. The van der Waals surface area contributed by atoms with Gasteiger partial charge in [0.15, 0.2) is 12.6 Å². The summed E-state index contributed by atoms with van der Waals surface area (Å²) in [5, 5.41) is 30.5. The molecule has 0 radical (unpaired) electrons. The van der Waals surface area contributed by atoms with Gasteiger partial charge in [-0.3, -0.25) is 0 Å². The van der Waals surface area contributed by atoms with Crippen molar-refractivity contribution in [3.63, 3.8) is 0 Å². The van der Waals surface area contributed by atoms with Crippen LogP contribution in [0, 0.1) is 5.92 Å². The number of imidazole rings is 1. The maximum atomic E-state index is 12.2. The van der Waals surface area contributed by atoms with Crippen LogP contribution in [0.5, 0.6) is 5.75 Å². The number of aliphatic hydroxyl groups is 2. The third-order valence-corrected chi connectivity index (χ3v) is 6.48. The number of hydrogen-bond donors (Lipinski definition) is 3. The number of aryl methyl sites for hydroxylation is 2. The van der Waals surface area contributed by atoms with Crippen molar-refractivity contribution in [3.8, 4) is 5.75 Å². The molecule has 1 fully saturated rings. The number of nitrogens with zero attached hydrogens (tertiary/aromatic N) is 2. The van der Waals surface area contributed by atoms with Crippen LogP contribution in [-0.2, 0) is 27.7 Å². The number of ether oxygens (including phenoxy) is 4. The lowest BCUT2D eigenvalue weighted by molar-refractivity contribution is -0.152. The molecule has 0 bridgehead atoms. The first-order valence-electron chi connectivity index (χ1n) is 12.2. The second-order valence-corrected chi connectivity index (χ2v) is 9.81. The predicted molar refractivity (Wildman–Crippen MR) is 133 cm³/mol. The van der Waals surface area contributed by atoms with Crippen LogP contribution in [0.15, 0.2) is 24.5 Å². The Hall–Kier alpha value is -2.50. The number of methoxy groups -OCH3 is 1. The highest BCUT2D eigenvalue weighted by molar-refractivity contribution is 5.99. The van der Waals surface area contributed by atoms with E-state index in [4.69, 9.17) is 18.9 Å². The van der Waals surface area contributed by atoms with Crippen molar-refractivity contribution < 1.29 is 39.1 Å². The van der Waals surface area contributed by atoms with Crippen LogP contribution >= 0.6 is 0 Å². The Labute approximate surface area is 211 Å². The number of hydrogen-bond acceptors (Lipinski definition) is 8. The van der Waals surface area contributed by atoms with E-state index in [1.54, 1.807) is 45.3 Å². The van der Waals surface area contributed by atoms with E-state index in [0.29, 0.717) is 30.3 Å². The summed E-state index contributed by atoms with van der Waals surface area (Å²) >= 11 is 0. The molecule has 0 aliphatic carbocycles. The summed E-state index contributed by atoms with van der Waals surface area (Å²) in [7, 11) is 3.31. The van der Waals surface area contributed by atoms with Gasteiger partial charge < -0.3 is 38.8 Å². The summed E-state index contributed by atoms with van der Waals surface area (Å²) in [5.74, 6) is -1.86. The van der Waals surface area contributed by atoms with Gasteiger partial charge in [-0.25, -0.2) is 9.78 Å². The Kier molecular flexibility index (Phi) is 9.13. The zero-order valence-electron chi connectivity index (χ0n) is 21.8. The lowest BCUT2D eigenvalue weighted by Gasteiger charge is -2.21. The molecule has 2 heterocycles. The lowest BCUT2D eigenvalue weighted by atomic mass is 9.95. The number of fused-ring (bicyclic) bond motifs is 1. The molecule has 3 N–H and O–H groups in total. The lowest BCUT2D eigenvalue weighted by Crippen LogP contribution is -2.34. The maximum absolute atomic E-state index is 12.2. The summed E-state index contributed by atoms with van der Waals surface area (Å²) < 4.78 is 24.5. The summed E-state index contributed by atoms with van der Waals surface area (Å²) in [6.45, 7) is 7.08. The van der Waals surface area contributed by atoms with E-state index in [1.807, 2.05) is 18.5 Å². The highest BCUT2D eigenvalue weighted by Gasteiger charge is 2.43. The van der Waals surface area contributed by atoms with Gasteiger partial charge in [-0.2, -0.15) is 0 Å². The van der Waals surface area contributed by atoms with E-state index < -0.39 is 36.2 Å². The summed E-state index contributed by atoms with van der Waals surface area (Å²) in [4.78, 5) is 16.7. The zero-order chi connectivity index (χ0) is 26.6. The zero-order valence-corrected chi connectivity index (χ0v) is 21.8. The number of aromatic nitrogens is 2. The summed E-state index contributed by atoms with van der Waals surface area (Å²) in [5.41, 5.74) is 2.00. The molecule has 1 aliphatic rings. The molecule has 1 aromatic heterocycles. The Morgan fingerprint density at radius 2 is 2.00 bits per heavy atom. The Bertz CT molecular complexity index is 1080. The second kappa shape index (κ2) is 11.7. The smallest absolute Gasteiger partial charge is 0.339 e. The van der Waals surface area contributed by atoms with Crippen LogP contribution in [0.4, 0.5) is 0 Å². The minimum Gasteiger partial charge on any atom is -0.478 e. The van der Waals surface area contributed by atoms with Gasteiger partial charge in [-0.05, 0) is 51.5 Å². The molecule has 2 aromatic rings. The average molecular weight is 507 g/mol. The highest BCUT2D eigenvalue weighted by Crippen LogP contribution is 2.35. The largest absolute Gasteiger partial charge is 0.478 e. The fourth-order valence-corrected chi connectivity index (χ4v) is 4.44. The van der Waals surface area contributed by atoms with Crippen molar-refractivity contribution in [2.24, 2.45) is 13.0 Å². The molecule has 3 rings (SSSR count). The van der Waals surface area contributed by atoms with Gasteiger partial charge in [-0.15, -0.1) is 0 Å². The molecule has 2 unspecified atom stereocenters. The van der Waals surface area contributed by atoms with Crippen LogP contribution < -0.4 is 4.74 Å². The quantitative estimate of drug-likeness (QED) is 0.293. The predicted octanol–water partition coefficient (Wildman–Crippen LogP) is 3.03. The van der Waals surface area contributed by atoms with Crippen LogP contribution in [0.25, 0.3) is 11.0 Å². The Balaban J connectivity index is 1.81. The van der Waals surface area contributed by atoms with Gasteiger partial charge in [0.05, 0.1) is 29.6 Å². The van der Waals surface area contributed by atoms with Crippen molar-refractivity contribution in [3.05, 3.63) is 35.7 Å². The van der Waals surface area contributed by atoms with Crippen LogP contribution in [0.3, 0.4) is 0 Å². The van der Waals surface area contributed by atoms with Crippen molar-refractivity contribution in [2.75, 3.05) is 13.9 Å². The minimum absolute atomic E-state index is 0.0637. The van der Waals surface area contributed by atoms with Crippen LogP contribution in [0.2, 0.25) is 0 Å². The van der Waals surface area contributed by atoms with Crippen LogP contribution in [0.1, 0.15) is 56.5 Å².